The van der Waals surface area contributed by atoms with Gasteiger partial charge in [-0.2, -0.15) is 13.2 Å². The molecule has 0 radical (unpaired) electrons. The van der Waals surface area contributed by atoms with Gasteiger partial charge in [0.05, 0.1) is 17.6 Å². The van der Waals surface area contributed by atoms with Crippen LogP contribution < -0.4 is 10.5 Å². The second kappa shape index (κ2) is 8.32. The first kappa shape index (κ1) is 21.3. The van der Waals surface area contributed by atoms with Crippen molar-refractivity contribution in [1.29, 1.82) is 0 Å². The highest BCUT2D eigenvalue weighted by Crippen LogP contribution is 2.38. The quantitative estimate of drug-likeness (QED) is 0.722. The summed E-state index contributed by atoms with van der Waals surface area (Å²) >= 11 is 0. The summed E-state index contributed by atoms with van der Waals surface area (Å²) in [4.78, 5) is 36.4. The molecule has 1 amide bonds. The molecule has 1 aliphatic heterocycles. The Kier molecular flexibility index (Phi) is 5.72. The van der Waals surface area contributed by atoms with E-state index in [-0.39, 0.29) is 36.4 Å². The SMILES string of the molecule is CN(c1ncccc1C(F)(F)F)C1CCCN(C(=O)Cn2cnc(C3CC3)cc2=O)C1. The normalized spacial score (nSPS) is 19.4. The number of carbonyl (C=O) groups is 1. The van der Waals surface area contributed by atoms with Crippen LogP contribution in [-0.4, -0.2) is 51.5 Å². The lowest BCUT2D eigenvalue weighted by Gasteiger charge is -2.38. The first-order valence-electron chi connectivity index (χ1n) is 10.3. The summed E-state index contributed by atoms with van der Waals surface area (Å²) in [5.41, 5.74) is -0.294. The lowest BCUT2D eigenvalue weighted by molar-refractivity contribution is -0.137. The third kappa shape index (κ3) is 4.72. The molecule has 0 aromatic carbocycles. The van der Waals surface area contributed by atoms with Gasteiger partial charge in [0.15, 0.2) is 0 Å². The van der Waals surface area contributed by atoms with Gasteiger partial charge in [0, 0.05) is 44.4 Å². The molecule has 0 N–H and O–H groups in total. The summed E-state index contributed by atoms with van der Waals surface area (Å²) in [6, 6.07) is 3.45. The topological polar surface area (TPSA) is 71.3 Å². The molecule has 1 aliphatic carbocycles. The van der Waals surface area contributed by atoms with E-state index >= 15 is 0 Å². The number of piperidine rings is 1. The zero-order chi connectivity index (χ0) is 22.2. The maximum absolute atomic E-state index is 13.4. The average molecular weight is 435 g/mol. The number of hydrogen-bond donors (Lipinski definition) is 0. The highest BCUT2D eigenvalue weighted by molar-refractivity contribution is 5.76. The van der Waals surface area contributed by atoms with Crippen molar-refractivity contribution in [3.8, 4) is 0 Å². The third-order valence-electron chi connectivity index (χ3n) is 5.92. The van der Waals surface area contributed by atoms with Gasteiger partial charge in [-0.1, -0.05) is 0 Å². The maximum atomic E-state index is 13.4. The second-order valence-corrected chi connectivity index (χ2v) is 8.17. The molecule has 1 saturated carbocycles. The smallest absolute Gasteiger partial charge is 0.354 e. The monoisotopic (exact) mass is 435 g/mol. The van der Waals surface area contributed by atoms with Crippen LogP contribution in [0.15, 0.2) is 35.5 Å². The van der Waals surface area contributed by atoms with Gasteiger partial charge in [0.25, 0.3) is 5.56 Å². The summed E-state index contributed by atoms with van der Waals surface area (Å²) < 4.78 is 41.4. The Morgan fingerprint density at radius 1 is 1.26 bits per heavy atom. The van der Waals surface area contributed by atoms with Crippen molar-refractivity contribution in [1.82, 2.24) is 19.4 Å². The molecular formula is C21H24F3N5O2. The molecule has 2 fully saturated rings. The molecule has 0 bridgehead atoms. The van der Waals surface area contributed by atoms with Crippen molar-refractivity contribution in [2.75, 3.05) is 25.0 Å². The Labute approximate surface area is 177 Å². The van der Waals surface area contributed by atoms with Crippen molar-refractivity contribution in [2.24, 2.45) is 0 Å². The molecule has 1 unspecified atom stereocenters. The lowest BCUT2D eigenvalue weighted by atomic mass is 10.0. The molecular weight excluding hydrogens is 411 g/mol. The lowest BCUT2D eigenvalue weighted by Crippen LogP contribution is -2.50. The molecule has 10 heteroatoms. The van der Waals surface area contributed by atoms with Gasteiger partial charge in [-0.05, 0) is 37.8 Å². The van der Waals surface area contributed by atoms with Crippen LogP contribution in [0.1, 0.15) is 42.9 Å². The number of anilines is 1. The average Bonchev–Trinajstić information content (AvgIpc) is 3.59. The van der Waals surface area contributed by atoms with E-state index in [1.54, 1.807) is 11.9 Å². The standard InChI is InChI=1S/C21H24F3N5O2/c1-27(20-16(21(22,23)24)5-2-8-25-20)15-4-3-9-28(11-15)19(31)12-29-13-26-17(10-18(29)30)14-6-7-14/h2,5,8,10,13-15H,3-4,6-7,9,11-12H2,1H3. The van der Waals surface area contributed by atoms with Gasteiger partial charge in [-0.25, -0.2) is 9.97 Å². The summed E-state index contributed by atoms with van der Waals surface area (Å²) in [7, 11) is 1.57. The van der Waals surface area contributed by atoms with Crippen molar-refractivity contribution >= 4 is 11.7 Å². The largest absolute Gasteiger partial charge is 0.419 e. The molecule has 7 nitrogen and oxygen atoms in total. The number of aromatic nitrogens is 3. The zero-order valence-electron chi connectivity index (χ0n) is 17.2. The number of rotatable bonds is 5. The fourth-order valence-electron chi connectivity index (χ4n) is 3.98. The Bertz CT molecular complexity index is 1020. The van der Waals surface area contributed by atoms with Crippen LogP contribution in [0.25, 0.3) is 0 Å². The Balaban J connectivity index is 1.45. The van der Waals surface area contributed by atoms with Gasteiger partial charge in [-0.15, -0.1) is 0 Å². The minimum absolute atomic E-state index is 0.134. The molecule has 166 valence electrons. The summed E-state index contributed by atoms with van der Waals surface area (Å²) in [6.45, 7) is 0.635. The van der Waals surface area contributed by atoms with Crippen LogP contribution in [0.3, 0.4) is 0 Å². The Morgan fingerprint density at radius 2 is 2.03 bits per heavy atom. The number of pyridine rings is 1. The van der Waals surface area contributed by atoms with E-state index in [9.17, 15) is 22.8 Å². The fraction of sp³-hybridized carbons (Fsp3) is 0.524. The highest BCUT2D eigenvalue weighted by Gasteiger charge is 2.37. The second-order valence-electron chi connectivity index (χ2n) is 8.17. The summed E-state index contributed by atoms with van der Waals surface area (Å²) in [5.74, 6) is -0.0479. The van der Waals surface area contributed by atoms with Crippen LogP contribution >= 0.6 is 0 Å². The number of alkyl halides is 3. The van der Waals surface area contributed by atoms with Crippen LogP contribution in [0.4, 0.5) is 19.0 Å². The van der Waals surface area contributed by atoms with Crippen LogP contribution in [0, 0.1) is 0 Å². The predicted molar refractivity (Wildman–Crippen MR) is 108 cm³/mol. The molecule has 0 spiro atoms. The number of hydrogen-bond acceptors (Lipinski definition) is 5. The van der Waals surface area contributed by atoms with E-state index < -0.39 is 11.7 Å². The predicted octanol–water partition coefficient (Wildman–Crippen LogP) is 2.66. The number of carbonyl (C=O) groups excluding carboxylic acids is 1. The Morgan fingerprint density at radius 3 is 2.71 bits per heavy atom. The molecule has 4 rings (SSSR count). The van der Waals surface area contributed by atoms with Crippen molar-refractivity contribution < 1.29 is 18.0 Å². The van der Waals surface area contributed by atoms with Crippen LogP contribution in [0.2, 0.25) is 0 Å². The maximum Gasteiger partial charge on any atom is 0.419 e. The van der Waals surface area contributed by atoms with E-state index in [4.69, 9.17) is 0 Å². The number of likely N-dealkylation sites (N-methyl/N-ethyl adjacent to an activating group) is 1. The number of amides is 1. The van der Waals surface area contributed by atoms with Crippen molar-refractivity contribution in [2.45, 2.75) is 50.4 Å². The molecule has 3 heterocycles. The van der Waals surface area contributed by atoms with E-state index in [2.05, 4.69) is 9.97 Å². The van der Waals surface area contributed by atoms with Crippen LogP contribution in [-0.2, 0) is 17.5 Å². The van der Waals surface area contributed by atoms with Gasteiger partial charge in [-0.3, -0.25) is 14.2 Å². The summed E-state index contributed by atoms with van der Waals surface area (Å²) in [5, 5.41) is 0. The molecule has 2 aromatic heterocycles. The number of nitrogens with zero attached hydrogens (tertiary/aromatic N) is 5. The van der Waals surface area contributed by atoms with Gasteiger partial charge in [0.1, 0.15) is 12.4 Å². The molecule has 1 saturated heterocycles. The minimum Gasteiger partial charge on any atom is -0.354 e. The summed E-state index contributed by atoms with van der Waals surface area (Å²) in [6.07, 6.45) is 1.59. The van der Waals surface area contributed by atoms with Crippen LogP contribution in [0.5, 0.6) is 0 Å². The van der Waals surface area contributed by atoms with E-state index in [0.29, 0.717) is 25.3 Å². The number of halogens is 3. The molecule has 2 aromatic rings. The minimum atomic E-state index is -4.51. The molecule has 31 heavy (non-hydrogen) atoms. The van der Waals surface area contributed by atoms with Crippen molar-refractivity contribution in [3.05, 3.63) is 52.3 Å². The fourth-order valence-corrected chi connectivity index (χ4v) is 3.98. The first-order chi connectivity index (χ1) is 14.7. The first-order valence-corrected chi connectivity index (χ1v) is 10.3. The van der Waals surface area contributed by atoms with Crippen molar-refractivity contribution in [3.63, 3.8) is 0 Å². The van der Waals surface area contributed by atoms with Gasteiger partial charge in [0.2, 0.25) is 5.91 Å². The van der Waals surface area contributed by atoms with E-state index in [0.717, 1.165) is 24.6 Å². The zero-order valence-corrected chi connectivity index (χ0v) is 17.2. The number of likely N-dealkylation sites (tertiary alicyclic amines) is 1. The molecule has 2 aliphatic rings. The Hall–Kier alpha value is -2.91. The van der Waals surface area contributed by atoms with Gasteiger partial charge < -0.3 is 9.80 Å². The van der Waals surface area contributed by atoms with Gasteiger partial charge >= 0.3 is 6.18 Å². The molecule has 1 atom stereocenters. The highest BCUT2D eigenvalue weighted by atomic mass is 19.4. The van der Waals surface area contributed by atoms with E-state index in [1.807, 2.05) is 0 Å². The third-order valence-corrected chi connectivity index (χ3v) is 5.92. The van der Waals surface area contributed by atoms with E-state index in [1.165, 1.54) is 34.1 Å².